The van der Waals surface area contributed by atoms with E-state index in [1.165, 1.54) is 4.90 Å². The van der Waals surface area contributed by atoms with Gasteiger partial charge in [0, 0.05) is 24.5 Å². The standard InChI is InChI=1S/C20H24N2O4/c1-19(2,3)26-18(25)21-11-20(9-8-13(21)10-20)12-22-16(23)14-6-4-5-7-15(14)17(22)24/h4-7,13H,8-12H2,1-3H3. The number of hydrogen-bond acceptors (Lipinski definition) is 4. The van der Waals surface area contributed by atoms with Crippen molar-refractivity contribution >= 4 is 17.9 Å². The van der Waals surface area contributed by atoms with Gasteiger partial charge in [0.25, 0.3) is 11.8 Å². The quantitative estimate of drug-likeness (QED) is 0.764. The van der Waals surface area contributed by atoms with Gasteiger partial charge in [-0.15, -0.1) is 0 Å². The van der Waals surface area contributed by atoms with Crippen molar-refractivity contribution < 1.29 is 19.1 Å². The molecule has 2 unspecified atom stereocenters. The summed E-state index contributed by atoms with van der Waals surface area (Å²) < 4.78 is 5.52. The number of carbonyl (C=O) groups excluding carboxylic acids is 3. The number of hydrogen-bond donors (Lipinski definition) is 0. The molecule has 0 radical (unpaired) electrons. The van der Waals surface area contributed by atoms with Gasteiger partial charge >= 0.3 is 6.09 Å². The summed E-state index contributed by atoms with van der Waals surface area (Å²) in [4.78, 5) is 41.0. The summed E-state index contributed by atoms with van der Waals surface area (Å²) in [5.74, 6) is -0.446. The maximum Gasteiger partial charge on any atom is 0.410 e. The van der Waals surface area contributed by atoms with Gasteiger partial charge in [0.15, 0.2) is 0 Å². The molecule has 6 heteroatoms. The number of fused-ring (bicyclic) bond motifs is 3. The lowest BCUT2D eigenvalue weighted by atomic mass is 9.86. The van der Waals surface area contributed by atoms with Crippen molar-refractivity contribution in [1.29, 1.82) is 0 Å². The van der Waals surface area contributed by atoms with Gasteiger partial charge in [-0.05, 0) is 52.2 Å². The third-order valence-corrected chi connectivity index (χ3v) is 5.62. The van der Waals surface area contributed by atoms with Gasteiger partial charge in [-0.1, -0.05) is 12.1 Å². The minimum atomic E-state index is -0.533. The molecule has 1 aromatic carbocycles. The normalized spacial score (nSPS) is 27.3. The molecule has 1 saturated heterocycles. The smallest absolute Gasteiger partial charge is 0.410 e. The number of rotatable bonds is 2. The fourth-order valence-corrected chi connectivity index (χ4v) is 4.52. The first-order valence-electron chi connectivity index (χ1n) is 9.14. The molecule has 138 valence electrons. The summed E-state index contributed by atoms with van der Waals surface area (Å²) in [6, 6.07) is 7.09. The second-order valence-corrected chi connectivity index (χ2v) is 8.75. The maximum atomic E-state index is 12.7. The molecular formula is C20H24N2O4. The molecule has 1 aliphatic carbocycles. The average molecular weight is 356 g/mol. The molecule has 1 saturated carbocycles. The Bertz CT molecular complexity index is 762. The van der Waals surface area contributed by atoms with Gasteiger partial charge in [0.2, 0.25) is 0 Å². The SMILES string of the molecule is CC(C)(C)OC(=O)N1CC2(CN3C(=O)c4ccccc4C3=O)CCC1C2. The monoisotopic (exact) mass is 356 g/mol. The summed E-state index contributed by atoms with van der Waals surface area (Å²) in [7, 11) is 0. The van der Waals surface area contributed by atoms with E-state index in [-0.39, 0.29) is 29.4 Å². The molecule has 4 rings (SSSR count). The van der Waals surface area contributed by atoms with Crippen LogP contribution in [0.4, 0.5) is 4.79 Å². The number of nitrogens with zero attached hydrogens (tertiary/aromatic N) is 2. The molecule has 1 aromatic rings. The van der Waals surface area contributed by atoms with Crippen molar-refractivity contribution in [3.8, 4) is 0 Å². The van der Waals surface area contributed by atoms with Crippen LogP contribution >= 0.6 is 0 Å². The van der Waals surface area contributed by atoms with Gasteiger partial charge in [-0.3, -0.25) is 14.5 Å². The number of ether oxygens (including phenoxy) is 1. The van der Waals surface area contributed by atoms with E-state index in [2.05, 4.69) is 0 Å². The van der Waals surface area contributed by atoms with Gasteiger partial charge in [0.1, 0.15) is 5.60 Å². The Morgan fingerprint density at radius 2 is 1.81 bits per heavy atom. The Morgan fingerprint density at radius 1 is 1.19 bits per heavy atom. The molecular weight excluding hydrogens is 332 g/mol. The van der Waals surface area contributed by atoms with Crippen LogP contribution in [-0.2, 0) is 4.74 Å². The Kier molecular flexibility index (Phi) is 3.65. The van der Waals surface area contributed by atoms with Crippen LogP contribution in [0.15, 0.2) is 24.3 Å². The van der Waals surface area contributed by atoms with Gasteiger partial charge in [-0.25, -0.2) is 4.79 Å². The first-order chi connectivity index (χ1) is 12.2. The van der Waals surface area contributed by atoms with Crippen LogP contribution in [0.3, 0.4) is 0 Å². The molecule has 2 aliphatic heterocycles. The Balaban J connectivity index is 1.51. The highest BCUT2D eigenvalue weighted by molar-refractivity contribution is 6.21. The van der Waals surface area contributed by atoms with Crippen molar-refractivity contribution in [2.75, 3.05) is 13.1 Å². The first-order valence-corrected chi connectivity index (χ1v) is 9.14. The maximum absolute atomic E-state index is 12.7. The molecule has 3 aliphatic rings. The van der Waals surface area contributed by atoms with Crippen LogP contribution in [0.5, 0.6) is 0 Å². The topological polar surface area (TPSA) is 66.9 Å². The highest BCUT2D eigenvalue weighted by Gasteiger charge is 2.54. The highest BCUT2D eigenvalue weighted by Crippen LogP contribution is 2.49. The summed E-state index contributed by atoms with van der Waals surface area (Å²) in [6.45, 7) is 6.48. The molecule has 2 atom stereocenters. The predicted molar refractivity (Wildman–Crippen MR) is 94.8 cm³/mol. The first kappa shape index (κ1) is 17.1. The fraction of sp³-hybridized carbons (Fsp3) is 0.550. The van der Waals surface area contributed by atoms with E-state index in [1.807, 2.05) is 20.8 Å². The number of amides is 3. The predicted octanol–water partition coefficient (Wildman–Crippen LogP) is 3.07. The van der Waals surface area contributed by atoms with Gasteiger partial charge < -0.3 is 9.64 Å². The summed E-state index contributed by atoms with van der Waals surface area (Å²) in [5.41, 5.74) is 0.208. The van der Waals surface area contributed by atoms with E-state index in [0.717, 1.165) is 19.3 Å². The summed E-state index contributed by atoms with van der Waals surface area (Å²) >= 11 is 0. The van der Waals surface area contributed by atoms with E-state index in [9.17, 15) is 14.4 Å². The number of imide groups is 1. The Morgan fingerprint density at radius 3 is 2.38 bits per heavy atom. The summed E-state index contributed by atoms with van der Waals surface area (Å²) in [5, 5.41) is 0. The number of likely N-dealkylation sites (tertiary alicyclic amines) is 1. The van der Waals surface area contributed by atoms with Crippen molar-refractivity contribution in [1.82, 2.24) is 9.80 Å². The van der Waals surface area contributed by atoms with E-state index in [0.29, 0.717) is 24.2 Å². The second kappa shape index (κ2) is 5.56. The number of piperidine rings is 1. The molecule has 0 aromatic heterocycles. The minimum Gasteiger partial charge on any atom is -0.444 e. The molecule has 2 heterocycles. The fourth-order valence-electron chi connectivity index (χ4n) is 4.52. The molecule has 3 amide bonds. The van der Waals surface area contributed by atoms with Crippen molar-refractivity contribution in [3.05, 3.63) is 35.4 Å². The van der Waals surface area contributed by atoms with Gasteiger partial charge in [-0.2, -0.15) is 0 Å². The zero-order valence-electron chi connectivity index (χ0n) is 15.4. The molecule has 26 heavy (non-hydrogen) atoms. The lowest BCUT2D eigenvalue weighted by molar-refractivity contribution is 0.0146. The van der Waals surface area contributed by atoms with E-state index >= 15 is 0 Å². The average Bonchev–Trinajstić information content (AvgIpc) is 3.21. The Labute approximate surface area is 153 Å². The molecule has 2 fully saturated rings. The number of carbonyl (C=O) groups is 3. The summed E-state index contributed by atoms with van der Waals surface area (Å²) in [6.07, 6.45) is 2.33. The zero-order chi connectivity index (χ0) is 18.7. The van der Waals surface area contributed by atoms with Crippen molar-refractivity contribution in [2.45, 2.75) is 51.7 Å². The molecule has 6 nitrogen and oxygen atoms in total. The van der Waals surface area contributed by atoms with Gasteiger partial charge in [0.05, 0.1) is 11.1 Å². The van der Waals surface area contributed by atoms with Crippen molar-refractivity contribution in [2.24, 2.45) is 5.41 Å². The minimum absolute atomic E-state index is 0.139. The van der Waals surface area contributed by atoms with Crippen LogP contribution in [0.25, 0.3) is 0 Å². The highest BCUT2D eigenvalue weighted by atomic mass is 16.6. The largest absolute Gasteiger partial charge is 0.444 e. The second-order valence-electron chi connectivity index (χ2n) is 8.75. The zero-order valence-corrected chi connectivity index (χ0v) is 15.4. The lowest BCUT2D eigenvalue weighted by Crippen LogP contribution is -2.46. The van der Waals surface area contributed by atoms with E-state index in [4.69, 9.17) is 4.74 Å². The van der Waals surface area contributed by atoms with Crippen LogP contribution in [0.2, 0.25) is 0 Å². The van der Waals surface area contributed by atoms with Crippen LogP contribution < -0.4 is 0 Å². The van der Waals surface area contributed by atoms with E-state index in [1.54, 1.807) is 29.2 Å². The Hall–Kier alpha value is -2.37. The number of benzene rings is 1. The van der Waals surface area contributed by atoms with Crippen molar-refractivity contribution in [3.63, 3.8) is 0 Å². The van der Waals surface area contributed by atoms with E-state index < -0.39 is 5.60 Å². The molecule has 0 spiro atoms. The lowest BCUT2D eigenvalue weighted by Gasteiger charge is -2.35. The van der Waals surface area contributed by atoms with Crippen LogP contribution in [-0.4, -0.2) is 52.4 Å². The van der Waals surface area contributed by atoms with Crippen LogP contribution in [0.1, 0.15) is 60.7 Å². The molecule has 0 N–H and O–H groups in total. The van der Waals surface area contributed by atoms with Crippen LogP contribution in [0, 0.1) is 5.41 Å². The molecule has 2 bridgehead atoms. The third-order valence-electron chi connectivity index (χ3n) is 5.62. The third kappa shape index (κ3) is 2.68.